The van der Waals surface area contributed by atoms with Crippen LogP contribution < -0.4 is 15.4 Å². The normalized spacial score (nSPS) is 16.5. The molecule has 1 saturated heterocycles. The average molecular weight is 356 g/mol. The molecule has 0 bridgehead atoms. The monoisotopic (exact) mass is 356 g/mol. The first-order valence-corrected chi connectivity index (χ1v) is 8.88. The Morgan fingerprint density at radius 1 is 1.27 bits per heavy atom. The summed E-state index contributed by atoms with van der Waals surface area (Å²) in [6.07, 6.45) is 2.39. The van der Waals surface area contributed by atoms with Crippen molar-refractivity contribution in [1.29, 1.82) is 0 Å². The fraction of sp³-hybridized carbons (Fsp3) is 0.421. The van der Waals surface area contributed by atoms with E-state index in [4.69, 9.17) is 9.47 Å². The summed E-state index contributed by atoms with van der Waals surface area (Å²) >= 11 is 0. The third-order valence-corrected chi connectivity index (χ3v) is 3.93. The Morgan fingerprint density at radius 3 is 2.81 bits per heavy atom. The minimum absolute atomic E-state index is 0.0158. The molecule has 3 rings (SSSR count). The van der Waals surface area contributed by atoms with Crippen LogP contribution in [-0.4, -0.2) is 41.5 Å². The highest BCUT2D eigenvalue weighted by Gasteiger charge is 2.16. The maximum atomic E-state index is 12.4. The highest BCUT2D eigenvalue weighted by Crippen LogP contribution is 2.25. The second-order valence-corrected chi connectivity index (χ2v) is 6.44. The SMILES string of the molecule is CC(C)Oc1ccccc1NC(=O)c1ccc(NCC2CCCO2)nn1. The first kappa shape index (κ1) is 18.1. The molecule has 1 aromatic heterocycles. The average Bonchev–Trinajstić information content (AvgIpc) is 3.15. The van der Waals surface area contributed by atoms with Crippen molar-refractivity contribution in [2.75, 3.05) is 23.8 Å². The van der Waals surface area contributed by atoms with Crippen LogP contribution in [0.2, 0.25) is 0 Å². The lowest BCUT2D eigenvalue weighted by Crippen LogP contribution is -2.20. The van der Waals surface area contributed by atoms with Crippen LogP contribution >= 0.6 is 0 Å². The van der Waals surface area contributed by atoms with Crippen molar-refractivity contribution >= 4 is 17.4 Å². The van der Waals surface area contributed by atoms with Crippen LogP contribution in [0.1, 0.15) is 37.2 Å². The summed E-state index contributed by atoms with van der Waals surface area (Å²) in [5.74, 6) is 0.919. The minimum atomic E-state index is -0.331. The number of rotatable bonds is 7. The molecule has 0 spiro atoms. The molecule has 26 heavy (non-hydrogen) atoms. The van der Waals surface area contributed by atoms with E-state index < -0.39 is 0 Å². The summed E-state index contributed by atoms with van der Waals surface area (Å²) in [5.41, 5.74) is 0.848. The smallest absolute Gasteiger partial charge is 0.276 e. The van der Waals surface area contributed by atoms with Crippen LogP contribution in [0.5, 0.6) is 5.75 Å². The largest absolute Gasteiger partial charge is 0.489 e. The second kappa shape index (κ2) is 8.62. The lowest BCUT2D eigenvalue weighted by molar-refractivity contribution is 0.102. The zero-order chi connectivity index (χ0) is 18.4. The van der Waals surface area contributed by atoms with Gasteiger partial charge in [-0.25, -0.2) is 0 Å². The van der Waals surface area contributed by atoms with Crippen molar-refractivity contribution in [3.05, 3.63) is 42.1 Å². The van der Waals surface area contributed by atoms with E-state index in [1.165, 1.54) is 0 Å². The number of nitrogens with zero attached hydrogens (tertiary/aromatic N) is 2. The highest BCUT2D eigenvalue weighted by atomic mass is 16.5. The number of hydrogen-bond acceptors (Lipinski definition) is 6. The number of carbonyl (C=O) groups excluding carboxylic acids is 1. The van der Waals surface area contributed by atoms with E-state index in [-0.39, 0.29) is 23.8 Å². The van der Waals surface area contributed by atoms with Crippen molar-refractivity contribution in [1.82, 2.24) is 10.2 Å². The quantitative estimate of drug-likeness (QED) is 0.793. The number of nitrogens with one attached hydrogen (secondary N) is 2. The molecule has 1 atom stereocenters. The fourth-order valence-corrected chi connectivity index (χ4v) is 2.68. The van der Waals surface area contributed by atoms with Crippen molar-refractivity contribution in [2.24, 2.45) is 0 Å². The minimum Gasteiger partial charge on any atom is -0.489 e. The van der Waals surface area contributed by atoms with Crippen molar-refractivity contribution in [3.63, 3.8) is 0 Å². The number of hydrogen-bond donors (Lipinski definition) is 2. The first-order chi connectivity index (χ1) is 12.6. The van der Waals surface area contributed by atoms with Crippen molar-refractivity contribution < 1.29 is 14.3 Å². The molecule has 7 heteroatoms. The molecule has 7 nitrogen and oxygen atoms in total. The molecule has 2 N–H and O–H groups in total. The van der Waals surface area contributed by atoms with Gasteiger partial charge in [0.1, 0.15) is 11.6 Å². The molecule has 2 heterocycles. The third-order valence-electron chi connectivity index (χ3n) is 3.93. The third kappa shape index (κ3) is 4.92. The molecule has 138 valence electrons. The fourth-order valence-electron chi connectivity index (χ4n) is 2.68. The van der Waals surface area contributed by atoms with E-state index in [9.17, 15) is 4.79 Å². The highest BCUT2D eigenvalue weighted by molar-refractivity contribution is 6.03. The van der Waals surface area contributed by atoms with E-state index >= 15 is 0 Å². The van der Waals surface area contributed by atoms with Crippen LogP contribution in [-0.2, 0) is 4.74 Å². The topological polar surface area (TPSA) is 85.4 Å². The van der Waals surface area contributed by atoms with E-state index in [1.807, 2.05) is 32.0 Å². The Hall–Kier alpha value is -2.67. The summed E-state index contributed by atoms with van der Waals surface area (Å²) in [6.45, 7) is 5.39. The molecule has 1 fully saturated rings. The second-order valence-electron chi connectivity index (χ2n) is 6.44. The molecule has 0 aliphatic carbocycles. The number of ether oxygens (including phenoxy) is 2. The zero-order valence-electron chi connectivity index (χ0n) is 15.1. The van der Waals surface area contributed by atoms with Gasteiger partial charge < -0.3 is 20.1 Å². The molecule has 1 aliphatic heterocycles. The zero-order valence-corrected chi connectivity index (χ0v) is 15.1. The van der Waals surface area contributed by atoms with Crippen LogP contribution in [0.15, 0.2) is 36.4 Å². The number of aromatic nitrogens is 2. The van der Waals surface area contributed by atoms with E-state index in [1.54, 1.807) is 18.2 Å². The summed E-state index contributed by atoms with van der Waals surface area (Å²) in [5, 5.41) is 14.1. The Bertz CT molecular complexity index is 728. The van der Waals surface area contributed by atoms with Crippen molar-refractivity contribution in [2.45, 2.75) is 38.9 Å². The van der Waals surface area contributed by atoms with Crippen LogP contribution in [0.4, 0.5) is 11.5 Å². The predicted octanol–water partition coefficient (Wildman–Crippen LogP) is 3.11. The van der Waals surface area contributed by atoms with E-state index in [0.717, 1.165) is 19.4 Å². The van der Waals surface area contributed by atoms with Crippen molar-refractivity contribution in [3.8, 4) is 5.75 Å². The van der Waals surface area contributed by atoms with Gasteiger partial charge in [-0.3, -0.25) is 4.79 Å². The number of amides is 1. The molecule has 1 unspecified atom stereocenters. The molecular formula is C19H24N4O3. The molecule has 1 aliphatic rings. The van der Waals surface area contributed by atoms with Gasteiger partial charge in [-0.2, -0.15) is 0 Å². The van der Waals surface area contributed by atoms with E-state index in [2.05, 4.69) is 20.8 Å². The van der Waals surface area contributed by atoms with Crippen LogP contribution in [0.25, 0.3) is 0 Å². The van der Waals surface area contributed by atoms with Gasteiger partial charge >= 0.3 is 0 Å². The summed E-state index contributed by atoms with van der Waals surface area (Å²) in [7, 11) is 0. The van der Waals surface area contributed by atoms with E-state index in [0.29, 0.717) is 23.8 Å². The lowest BCUT2D eigenvalue weighted by atomic mass is 10.2. The maximum Gasteiger partial charge on any atom is 0.276 e. The Balaban J connectivity index is 1.59. The van der Waals surface area contributed by atoms with Gasteiger partial charge in [0.15, 0.2) is 5.69 Å². The molecule has 0 radical (unpaired) electrons. The van der Waals surface area contributed by atoms with Gasteiger partial charge in [0.05, 0.1) is 17.9 Å². The van der Waals surface area contributed by atoms with Gasteiger partial charge in [0.25, 0.3) is 5.91 Å². The van der Waals surface area contributed by atoms with Gasteiger partial charge in [0, 0.05) is 13.2 Å². The number of carbonyl (C=O) groups is 1. The lowest BCUT2D eigenvalue weighted by Gasteiger charge is -2.14. The Morgan fingerprint density at radius 2 is 2.12 bits per heavy atom. The van der Waals surface area contributed by atoms with Gasteiger partial charge in [-0.1, -0.05) is 12.1 Å². The number of anilines is 2. The number of para-hydroxylation sites is 2. The Labute approximate surface area is 153 Å². The van der Waals surface area contributed by atoms with Gasteiger partial charge in [0.2, 0.25) is 0 Å². The molecular weight excluding hydrogens is 332 g/mol. The summed E-state index contributed by atoms with van der Waals surface area (Å²) < 4.78 is 11.3. The standard InChI is InChI=1S/C19H24N4O3/c1-13(2)26-17-8-4-3-7-15(17)21-19(24)16-9-10-18(23-22-16)20-12-14-6-5-11-25-14/h3-4,7-10,13-14H,5-6,11-12H2,1-2H3,(H,20,23)(H,21,24). The van der Waals surface area contributed by atoms with Crippen LogP contribution in [0, 0.1) is 0 Å². The molecule has 1 aromatic carbocycles. The summed E-state index contributed by atoms with van der Waals surface area (Å²) in [4.78, 5) is 12.4. The molecule has 1 amide bonds. The summed E-state index contributed by atoms with van der Waals surface area (Å²) in [6, 6.07) is 10.7. The predicted molar refractivity (Wildman–Crippen MR) is 99.7 cm³/mol. The Kier molecular flexibility index (Phi) is 6.01. The number of benzene rings is 1. The van der Waals surface area contributed by atoms with Crippen LogP contribution in [0.3, 0.4) is 0 Å². The maximum absolute atomic E-state index is 12.4. The molecule has 2 aromatic rings. The first-order valence-electron chi connectivity index (χ1n) is 8.88. The molecule has 0 saturated carbocycles. The van der Waals surface area contributed by atoms with Gasteiger partial charge in [-0.05, 0) is 51.0 Å². The van der Waals surface area contributed by atoms with Gasteiger partial charge in [-0.15, -0.1) is 10.2 Å².